The van der Waals surface area contributed by atoms with Crippen LogP contribution < -0.4 is 20.1 Å². The minimum atomic E-state index is -0.289. The zero-order valence-corrected chi connectivity index (χ0v) is 15.6. The van der Waals surface area contributed by atoms with E-state index in [4.69, 9.17) is 21.1 Å². The van der Waals surface area contributed by atoms with Crippen molar-refractivity contribution in [3.63, 3.8) is 0 Å². The first-order valence-electron chi connectivity index (χ1n) is 8.70. The van der Waals surface area contributed by atoms with Gasteiger partial charge >= 0.3 is 0 Å². The van der Waals surface area contributed by atoms with Crippen LogP contribution in [0.25, 0.3) is 0 Å². The third-order valence-electron chi connectivity index (χ3n) is 4.05. The second kappa shape index (κ2) is 8.14. The van der Waals surface area contributed by atoms with Crippen LogP contribution in [0.1, 0.15) is 16.1 Å². The van der Waals surface area contributed by atoms with Crippen molar-refractivity contribution in [1.82, 2.24) is 15.3 Å². The molecule has 0 aliphatic carbocycles. The molecule has 8 heteroatoms. The molecule has 1 amide bonds. The van der Waals surface area contributed by atoms with Gasteiger partial charge in [0.05, 0.1) is 0 Å². The number of carbonyl (C=O) groups excluding carboxylic acids is 1. The van der Waals surface area contributed by atoms with Crippen molar-refractivity contribution in [2.45, 2.75) is 6.54 Å². The first-order valence-corrected chi connectivity index (χ1v) is 9.07. The summed E-state index contributed by atoms with van der Waals surface area (Å²) in [5.41, 5.74) is 1.95. The molecule has 28 heavy (non-hydrogen) atoms. The number of halogens is 1. The van der Waals surface area contributed by atoms with Crippen LogP contribution >= 0.6 is 11.6 Å². The lowest BCUT2D eigenvalue weighted by Gasteiger charge is -2.19. The van der Waals surface area contributed by atoms with Gasteiger partial charge < -0.3 is 20.1 Å². The Kier molecular flexibility index (Phi) is 5.25. The number of hydrogen-bond donors (Lipinski definition) is 2. The van der Waals surface area contributed by atoms with Crippen LogP contribution in [0.3, 0.4) is 0 Å². The van der Waals surface area contributed by atoms with Gasteiger partial charge in [0.1, 0.15) is 18.9 Å². The van der Waals surface area contributed by atoms with Crippen LogP contribution in [0.2, 0.25) is 5.02 Å². The van der Waals surface area contributed by atoms with Gasteiger partial charge in [-0.25, -0.2) is 9.97 Å². The van der Waals surface area contributed by atoms with Crippen molar-refractivity contribution in [3.05, 3.63) is 71.0 Å². The Balaban J connectivity index is 1.42. The van der Waals surface area contributed by atoms with E-state index < -0.39 is 0 Å². The number of nitrogens with zero attached hydrogens (tertiary/aromatic N) is 2. The Morgan fingerprint density at radius 2 is 1.82 bits per heavy atom. The van der Waals surface area contributed by atoms with Gasteiger partial charge in [-0.2, -0.15) is 0 Å². The van der Waals surface area contributed by atoms with Gasteiger partial charge in [-0.15, -0.1) is 0 Å². The number of anilines is 2. The molecular formula is C20H17ClN4O3. The molecule has 3 aromatic rings. The van der Waals surface area contributed by atoms with Crippen LogP contribution in [-0.4, -0.2) is 29.1 Å². The van der Waals surface area contributed by atoms with Crippen molar-refractivity contribution >= 4 is 29.1 Å². The third kappa shape index (κ3) is 4.32. The monoisotopic (exact) mass is 396 g/mol. The quantitative estimate of drug-likeness (QED) is 0.685. The zero-order chi connectivity index (χ0) is 19.3. The molecule has 0 unspecified atom stereocenters. The predicted molar refractivity (Wildman–Crippen MR) is 105 cm³/mol. The molecule has 0 fully saturated rings. The van der Waals surface area contributed by atoms with E-state index in [1.807, 2.05) is 30.3 Å². The number of benzene rings is 2. The summed E-state index contributed by atoms with van der Waals surface area (Å²) < 4.78 is 11.1. The number of ether oxygens (including phenoxy) is 2. The largest absolute Gasteiger partial charge is 0.486 e. The highest BCUT2D eigenvalue weighted by atomic mass is 35.5. The summed E-state index contributed by atoms with van der Waals surface area (Å²) in [4.78, 5) is 20.8. The minimum absolute atomic E-state index is 0.268. The van der Waals surface area contributed by atoms with E-state index in [0.717, 1.165) is 11.3 Å². The average Bonchev–Trinajstić information content (AvgIpc) is 2.73. The van der Waals surface area contributed by atoms with Crippen molar-refractivity contribution in [1.29, 1.82) is 0 Å². The van der Waals surface area contributed by atoms with Crippen LogP contribution in [0, 0.1) is 0 Å². The fourth-order valence-corrected chi connectivity index (χ4v) is 2.80. The maximum absolute atomic E-state index is 12.4. The molecule has 1 aliphatic rings. The summed E-state index contributed by atoms with van der Waals surface area (Å²) in [6, 6.07) is 14.3. The smallest absolute Gasteiger partial charge is 0.270 e. The highest BCUT2D eigenvalue weighted by molar-refractivity contribution is 6.30. The summed E-state index contributed by atoms with van der Waals surface area (Å²) in [5, 5.41) is 6.56. The van der Waals surface area contributed by atoms with Crippen LogP contribution in [0.15, 0.2) is 54.7 Å². The molecule has 0 saturated heterocycles. The van der Waals surface area contributed by atoms with Crippen molar-refractivity contribution in [2.24, 2.45) is 0 Å². The Labute approximate surface area is 166 Å². The maximum Gasteiger partial charge on any atom is 0.270 e. The summed E-state index contributed by atoms with van der Waals surface area (Å²) in [5.74, 6) is 1.39. The second-order valence-electron chi connectivity index (χ2n) is 6.06. The van der Waals surface area contributed by atoms with E-state index in [1.165, 1.54) is 6.20 Å². The van der Waals surface area contributed by atoms with E-state index in [-0.39, 0.29) is 11.6 Å². The molecule has 4 rings (SSSR count). The minimum Gasteiger partial charge on any atom is -0.486 e. The number of aromatic nitrogens is 2. The van der Waals surface area contributed by atoms with Gasteiger partial charge in [-0.05, 0) is 35.9 Å². The Morgan fingerprint density at radius 1 is 1.04 bits per heavy atom. The Morgan fingerprint density at radius 3 is 2.64 bits per heavy atom. The SMILES string of the molecule is O=C(NCc1ccc(Cl)cc1)c1ccnc(Nc2ccc3c(c2)OCCO3)n1. The summed E-state index contributed by atoms with van der Waals surface area (Å²) >= 11 is 5.87. The molecule has 0 spiro atoms. The molecule has 2 aromatic carbocycles. The number of nitrogens with one attached hydrogen (secondary N) is 2. The molecule has 2 N–H and O–H groups in total. The molecule has 7 nitrogen and oxygen atoms in total. The number of carbonyl (C=O) groups is 1. The lowest BCUT2D eigenvalue weighted by atomic mass is 10.2. The van der Waals surface area contributed by atoms with Crippen LogP contribution in [-0.2, 0) is 6.54 Å². The van der Waals surface area contributed by atoms with Gasteiger partial charge in [0.15, 0.2) is 11.5 Å². The van der Waals surface area contributed by atoms with Gasteiger partial charge in [0, 0.05) is 29.5 Å². The van der Waals surface area contributed by atoms with Crippen LogP contribution in [0.5, 0.6) is 11.5 Å². The molecule has 142 valence electrons. The number of fused-ring (bicyclic) bond motifs is 1. The second-order valence-corrected chi connectivity index (χ2v) is 6.49. The topological polar surface area (TPSA) is 85.4 Å². The van der Waals surface area contributed by atoms with Gasteiger partial charge in [-0.3, -0.25) is 4.79 Å². The molecule has 0 saturated carbocycles. The summed E-state index contributed by atoms with van der Waals surface area (Å²) in [6.45, 7) is 1.43. The van der Waals surface area contributed by atoms with E-state index in [9.17, 15) is 4.79 Å². The normalized spacial score (nSPS) is 12.3. The molecular weight excluding hydrogens is 380 g/mol. The number of amides is 1. The molecule has 0 radical (unpaired) electrons. The van der Waals surface area contributed by atoms with E-state index in [1.54, 1.807) is 18.2 Å². The maximum atomic E-state index is 12.4. The van der Waals surface area contributed by atoms with Crippen LogP contribution in [0.4, 0.5) is 11.6 Å². The summed E-state index contributed by atoms with van der Waals surface area (Å²) in [7, 11) is 0. The highest BCUT2D eigenvalue weighted by Gasteiger charge is 2.13. The van der Waals surface area contributed by atoms with E-state index >= 15 is 0 Å². The third-order valence-corrected chi connectivity index (χ3v) is 4.30. The Bertz CT molecular complexity index is 995. The Hall–Kier alpha value is -3.32. The number of rotatable bonds is 5. The zero-order valence-electron chi connectivity index (χ0n) is 14.8. The highest BCUT2D eigenvalue weighted by Crippen LogP contribution is 2.33. The lowest BCUT2D eigenvalue weighted by molar-refractivity contribution is 0.0946. The molecule has 1 aliphatic heterocycles. The van der Waals surface area contributed by atoms with Crippen molar-refractivity contribution < 1.29 is 14.3 Å². The van der Waals surface area contributed by atoms with Crippen molar-refractivity contribution in [2.75, 3.05) is 18.5 Å². The fourth-order valence-electron chi connectivity index (χ4n) is 2.67. The molecule has 0 bridgehead atoms. The fraction of sp³-hybridized carbons (Fsp3) is 0.150. The average molecular weight is 397 g/mol. The lowest BCUT2D eigenvalue weighted by Crippen LogP contribution is -2.24. The molecule has 1 aromatic heterocycles. The number of hydrogen-bond acceptors (Lipinski definition) is 6. The first kappa shape index (κ1) is 18.1. The van der Waals surface area contributed by atoms with Gasteiger partial charge in [0.25, 0.3) is 5.91 Å². The summed E-state index contributed by atoms with van der Waals surface area (Å²) in [6.07, 6.45) is 1.53. The molecule has 2 heterocycles. The standard InChI is InChI=1S/C20H17ClN4O3/c21-14-3-1-13(2-4-14)12-23-19(26)16-7-8-22-20(25-16)24-15-5-6-17-18(11-15)28-10-9-27-17/h1-8,11H,9-10,12H2,(H,23,26)(H,22,24,25). The van der Waals surface area contributed by atoms with E-state index in [2.05, 4.69) is 20.6 Å². The molecule has 0 atom stereocenters. The van der Waals surface area contributed by atoms with Gasteiger partial charge in [0.2, 0.25) is 5.95 Å². The van der Waals surface area contributed by atoms with Crippen molar-refractivity contribution in [3.8, 4) is 11.5 Å². The van der Waals surface area contributed by atoms with E-state index in [0.29, 0.717) is 42.2 Å². The van der Waals surface area contributed by atoms with Gasteiger partial charge in [-0.1, -0.05) is 23.7 Å². The first-order chi connectivity index (χ1) is 13.7. The predicted octanol–water partition coefficient (Wildman–Crippen LogP) is 3.57.